The topological polar surface area (TPSA) is 53.2 Å². The fourth-order valence-electron chi connectivity index (χ4n) is 2.51. The molecule has 0 aliphatic carbocycles. The molecule has 4 nitrogen and oxygen atoms in total. The molecule has 0 radical (unpaired) electrons. The number of amides is 1. The van der Waals surface area contributed by atoms with Crippen molar-refractivity contribution in [3.05, 3.63) is 80.8 Å². The van der Waals surface area contributed by atoms with E-state index in [9.17, 15) is 9.59 Å². The van der Waals surface area contributed by atoms with Crippen molar-refractivity contribution >= 4 is 17.2 Å². The molecule has 3 rings (SSSR count). The van der Waals surface area contributed by atoms with Gasteiger partial charge < -0.3 is 9.88 Å². The van der Waals surface area contributed by atoms with Crippen LogP contribution in [0, 0.1) is 0 Å². The van der Waals surface area contributed by atoms with Crippen LogP contribution in [0.3, 0.4) is 0 Å². The van der Waals surface area contributed by atoms with Crippen LogP contribution in [0.25, 0.3) is 11.3 Å². The highest BCUT2D eigenvalue weighted by atomic mass is 32.1. The number of H-pyrrole nitrogens is 1. The zero-order chi connectivity index (χ0) is 17.1. The summed E-state index contributed by atoms with van der Waals surface area (Å²) in [5.74, 6) is -0.281. The van der Waals surface area contributed by atoms with Crippen LogP contribution in [0.5, 0.6) is 0 Å². The Morgan fingerprint density at radius 1 is 1.08 bits per heavy atom. The Hall–Kier alpha value is -2.66. The van der Waals surface area contributed by atoms with E-state index in [1.54, 1.807) is 35.4 Å². The average Bonchev–Trinajstić information content (AvgIpc) is 3.15. The second kappa shape index (κ2) is 6.84. The SMILES string of the molecule is C[C@H](c1cccs1)N(C)C(=O)c1ccc(-c2ccccc2)[nH]c1=O. The predicted molar refractivity (Wildman–Crippen MR) is 97.3 cm³/mol. The number of hydrogen-bond acceptors (Lipinski definition) is 3. The molecule has 0 aliphatic heterocycles. The fourth-order valence-corrected chi connectivity index (χ4v) is 3.34. The molecule has 3 aromatic rings. The number of thiophene rings is 1. The van der Waals surface area contributed by atoms with Gasteiger partial charge in [0.05, 0.1) is 6.04 Å². The standard InChI is InChI=1S/C19H18N2O2S/c1-13(17-9-6-12-24-17)21(2)19(23)15-10-11-16(20-18(15)22)14-7-4-3-5-8-14/h3-13H,1-2H3,(H,20,22)/t13-/m1/s1. The highest BCUT2D eigenvalue weighted by Gasteiger charge is 2.22. The van der Waals surface area contributed by atoms with Crippen LogP contribution < -0.4 is 5.56 Å². The summed E-state index contributed by atoms with van der Waals surface area (Å²) in [6.45, 7) is 1.95. The van der Waals surface area contributed by atoms with Gasteiger partial charge in [0.1, 0.15) is 5.56 Å². The lowest BCUT2D eigenvalue weighted by Gasteiger charge is -2.23. The minimum atomic E-state index is -0.369. The number of carbonyl (C=O) groups excluding carboxylic acids is 1. The predicted octanol–water partition coefficient (Wildman–Crippen LogP) is 3.94. The molecule has 0 fully saturated rings. The minimum Gasteiger partial charge on any atom is -0.334 e. The Morgan fingerprint density at radius 2 is 1.83 bits per heavy atom. The van der Waals surface area contributed by atoms with Gasteiger partial charge in [0, 0.05) is 17.6 Å². The second-order valence-corrected chi connectivity index (χ2v) is 6.57. The van der Waals surface area contributed by atoms with E-state index in [4.69, 9.17) is 0 Å². The summed E-state index contributed by atoms with van der Waals surface area (Å²) in [4.78, 5) is 30.5. The third kappa shape index (κ3) is 3.16. The maximum absolute atomic E-state index is 12.7. The minimum absolute atomic E-state index is 0.0781. The van der Waals surface area contributed by atoms with Crippen molar-refractivity contribution in [1.29, 1.82) is 0 Å². The lowest BCUT2D eigenvalue weighted by molar-refractivity contribution is 0.0743. The van der Waals surface area contributed by atoms with Crippen molar-refractivity contribution < 1.29 is 4.79 Å². The first kappa shape index (κ1) is 16.2. The summed E-state index contributed by atoms with van der Waals surface area (Å²) < 4.78 is 0. The van der Waals surface area contributed by atoms with Gasteiger partial charge in [-0.15, -0.1) is 11.3 Å². The maximum Gasteiger partial charge on any atom is 0.261 e. The fraction of sp³-hybridized carbons (Fsp3) is 0.158. The molecule has 1 amide bonds. The highest BCUT2D eigenvalue weighted by Crippen LogP contribution is 2.24. The van der Waals surface area contributed by atoms with E-state index >= 15 is 0 Å². The number of nitrogens with zero attached hydrogens (tertiary/aromatic N) is 1. The quantitative estimate of drug-likeness (QED) is 0.783. The van der Waals surface area contributed by atoms with Crippen LogP contribution in [0.15, 0.2) is 64.8 Å². The molecule has 1 aromatic carbocycles. The van der Waals surface area contributed by atoms with E-state index in [1.165, 1.54) is 0 Å². The first-order valence-corrected chi connectivity index (χ1v) is 8.55. The number of carbonyl (C=O) groups is 1. The molecule has 122 valence electrons. The largest absolute Gasteiger partial charge is 0.334 e. The van der Waals surface area contributed by atoms with E-state index in [-0.39, 0.29) is 23.1 Å². The summed E-state index contributed by atoms with van der Waals surface area (Å²) in [5.41, 5.74) is 1.40. The number of benzene rings is 1. The molecule has 0 saturated heterocycles. The van der Waals surface area contributed by atoms with Crippen LogP contribution in [-0.4, -0.2) is 22.8 Å². The van der Waals surface area contributed by atoms with Crippen LogP contribution in [0.4, 0.5) is 0 Å². The molecule has 0 aliphatic rings. The van der Waals surface area contributed by atoms with Gasteiger partial charge in [0.2, 0.25) is 0 Å². The van der Waals surface area contributed by atoms with Gasteiger partial charge in [-0.25, -0.2) is 0 Å². The van der Waals surface area contributed by atoms with E-state index in [2.05, 4.69) is 4.98 Å². The van der Waals surface area contributed by atoms with E-state index in [1.807, 2.05) is 54.8 Å². The van der Waals surface area contributed by atoms with Crippen LogP contribution in [-0.2, 0) is 0 Å². The lowest BCUT2D eigenvalue weighted by Crippen LogP contribution is -2.33. The Bertz CT molecular complexity index is 885. The average molecular weight is 338 g/mol. The molecule has 1 N–H and O–H groups in total. The van der Waals surface area contributed by atoms with Crippen molar-refractivity contribution in [2.75, 3.05) is 7.05 Å². The summed E-state index contributed by atoms with van der Waals surface area (Å²) in [7, 11) is 1.72. The van der Waals surface area contributed by atoms with Gasteiger partial charge >= 0.3 is 0 Å². The van der Waals surface area contributed by atoms with Gasteiger partial charge in [0.15, 0.2) is 0 Å². The molecule has 2 aromatic heterocycles. The lowest BCUT2D eigenvalue weighted by atomic mass is 10.1. The molecule has 0 saturated carbocycles. The summed E-state index contributed by atoms with van der Waals surface area (Å²) in [6.07, 6.45) is 0. The van der Waals surface area contributed by atoms with E-state index in [0.717, 1.165) is 10.4 Å². The van der Waals surface area contributed by atoms with Crippen molar-refractivity contribution in [2.45, 2.75) is 13.0 Å². The molecule has 0 bridgehead atoms. The van der Waals surface area contributed by atoms with Crippen molar-refractivity contribution in [3.8, 4) is 11.3 Å². The highest BCUT2D eigenvalue weighted by molar-refractivity contribution is 7.10. The number of nitrogens with one attached hydrogen (secondary N) is 1. The van der Waals surface area contributed by atoms with Crippen molar-refractivity contribution in [3.63, 3.8) is 0 Å². The Balaban J connectivity index is 1.87. The molecule has 24 heavy (non-hydrogen) atoms. The van der Waals surface area contributed by atoms with Gasteiger partial charge in [-0.3, -0.25) is 9.59 Å². The first-order chi connectivity index (χ1) is 11.6. The number of pyridine rings is 1. The van der Waals surface area contributed by atoms with Crippen molar-refractivity contribution in [2.24, 2.45) is 0 Å². The maximum atomic E-state index is 12.7. The third-order valence-electron chi connectivity index (χ3n) is 4.08. The summed E-state index contributed by atoms with van der Waals surface area (Å²) in [6, 6.07) is 16.8. The van der Waals surface area contributed by atoms with Gasteiger partial charge in [-0.05, 0) is 36.1 Å². The van der Waals surface area contributed by atoms with Gasteiger partial charge in [-0.2, -0.15) is 0 Å². The molecule has 0 unspecified atom stereocenters. The zero-order valence-electron chi connectivity index (χ0n) is 13.5. The number of aromatic nitrogens is 1. The second-order valence-electron chi connectivity index (χ2n) is 5.59. The summed E-state index contributed by atoms with van der Waals surface area (Å²) >= 11 is 1.60. The van der Waals surface area contributed by atoms with Crippen molar-refractivity contribution in [1.82, 2.24) is 9.88 Å². The van der Waals surface area contributed by atoms with Gasteiger partial charge in [0.25, 0.3) is 11.5 Å². The zero-order valence-corrected chi connectivity index (χ0v) is 14.3. The van der Waals surface area contributed by atoms with Crippen LogP contribution >= 0.6 is 11.3 Å². The number of hydrogen-bond donors (Lipinski definition) is 1. The van der Waals surface area contributed by atoms with E-state index in [0.29, 0.717) is 5.69 Å². The van der Waals surface area contributed by atoms with Gasteiger partial charge in [-0.1, -0.05) is 36.4 Å². The normalized spacial score (nSPS) is 11.9. The molecular weight excluding hydrogens is 320 g/mol. The molecule has 0 spiro atoms. The first-order valence-electron chi connectivity index (χ1n) is 7.67. The molecule has 5 heteroatoms. The smallest absolute Gasteiger partial charge is 0.261 e. The third-order valence-corrected chi connectivity index (χ3v) is 5.12. The molecule has 2 heterocycles. The molecular formula is C19H18N2O2S. The van der Waals surface area contributed by atoms with Crippen LogP contribution in [0.1, 0.15) is 28.2 Å². The van der Waals surface area contributed by atoms with Crippen LogP contribution in [0.2, 0.25) is 0 Å². The van der Waals surface area contributed by atoms with E-state index < -0.39 is 0 Å². The Labute approximate surface area is 144 Å². The summed E-state index contributed by atoms with van der Waals surface area (Å²) in [5, 5.41) is 1.98. The monoisotopic (exact) mass is 338 g/mol. The Kier molecular flexibility index (Phi) is 4.62. The Morgan fingerprint density at radius 3 is 2.46 bits per heavy atom. The molecule has 1 atom stereocenters. The number of aromatic amines is 1. The number of rotatable bonds is 4.